The Hall–Kier alpha value is -2.43. The Balaban J connectivity index is 1.80. The molecule has 1 aliphatic rings. The summed E-state index contributed by atoms with van der Waals surface area (Å²) in [6.45, 7) is 4.44. The molecule has 118 valence electrons. The Kier molecular flexibility index (Phi) is 3.69. The number of nitrogens with zero attached hydrogens (tertiary/aromatic N) is 4. The summed E-state index contributed by atoms with van der Waals surface area (Å²) >= 11 is 0. The lowest BCUT2D eigenvalue weighted by atomic mass is 9.95. The zero-order valence-corrected chi connectivity index (χ0v) is 13.4. The van der Waals surface area contributed by atoms with Gasteiger partial charge in [0, 0.05) is 37.2 Å². The summed E-state index contributed by atoms with van der Waals surface area (Å²) in [5.41, 5.74) is 1.90. The SMILES string of the molecule is CCC1CCCN(c2nc(-c3ccncc3)nc3[nH]ccc23)C1. The molecule has 0 spiro atoms. The predicted octanol–water partition coefficient (Wildman–Crippen LogP) is 3.65. The van der Waals surface area contributed by atoms with E-state index < -0.39 is 0 Å². The van der Waals surface area contributed by atoms with Crippen LogP contribution in [0.4, 0.5) is 5.82 Å². The summed E-state index contributed by atoms with van der Waals surface area (Å²) < 4.78 is 0. The number of piperidine rings is 1. The van der Waals surface area contributed by atoms with Crippen molar-refractivity contribution in [2.75, 3.05) is 18.0 Å². The lowest BCUT2D eigenvalue weighted by molar-refractivity contribution is 0.403. The van der Waals surface area contributed by atoms with Gasteiger partial charge in [0.2, 0.25) is 0 Å². The number of fused-ring (bicyclic) bond motifs is 1. The molecule has 1 unspecified atom stereocenters. The molecular formula is C18H21N5. The van der Waals surface area contributed by atoms with E-state index in [0.717, 1.165) is 47.2 Å². The van der Waals surface area contributed by atoms with Gasteiger partial charge in [0.15, 0.2) is 5.82 Å². The van der Waals surface area contributed by atoms with E-state index >= 15 is 0 Å². The average molecular weight is 307 g/mol. The van der Waals surface area contributed by atoms with Gasteiger partial charge < -0.3 is 9.88 Å². The fourth-order valence-electron chi connectivity index (χ4n) is 3.39. The molecule has 1 aliphatic heterocycles. The highest BCUT2D eigenvalue weighted by atomic mass is 15.2. The van der Waals surface area contributed by atoms with E-state index in [2.05, 4.69) is 32.8 Å². The van der Waals surface area contributed by atoms with E-state index in [1.54, 1.807) is 12.4 Å². The van der Waals surface area contributed by atoms with Crippen molar-refractivity contribution in [2.45, 2.75) is 26.2 Å². The smallest absolute Gasteiger partial charge is 0.164 e. The molecule has 4 heterocycles. The van der Waals surface area contributed by atoms with E-state index in [0.29, 0.717) is 0 Å². The molecule has 1 atom stereocenters. The molecule has 0 aromatic carbocycles. The molecule has 1 fully saturated rings. The zero-order chi connectivity index (χ0) is 15.6. The Labute approximate surface area is 135 Å². The number of aromatic nitrogens is 4. The highest BCUT2D eigenvalue weighted by Crippen LogP contribution is 2.30. The molecule has 1 saturated heterocycles. The largest absolute Gasteiger partial charge is 0.356 e. The second-order valence-corrected chi connectivity index (χ2v) is 6.21. The third-order valence-corrected chi connectivity index (χ3v) is 4.73. The molecule has 1 N–H and O–H groups in total. The summed E-state index contributed by atoms with van der Waals surface area (Å²) in [7, 11) is 0. The Morgan fingerprint density at radius 3 is 2.91 bits per heavy atom. The first-order valence-corrected chi connectivity index (χ1v) is 8.35. The number of nitrogens with one attached hydrogen (secondary N) is 1. The molecule has 23 heavy (non-hydrogen) atoms. The van der Waals surface area contributed by atoms with Crippen molar-refractivity contribution in [3.05, 3.63) is 36.8 Å². The van der Waals surface area contributed by atoms with Gasteiger partial charge in [0.05, 0.1) is 5.39 Å². The summed E-state index contributed by atoms with van der Waals surface area (Å²) in [5, 5.41) is 1.11. The van der Waals surface area contributed by atoms with Crippen molar-refractivity contribution in [2.24, 2.45) is 5.92 Å². The van der Waals surface area contributed by atoms with Gasteiger partial charge in [0.1, 0.15) is 11.5 Å². The average Bonchev–Trinajstić information content (AvgIpc) is 3.10. The van der Waals surface area contributed by atoms with Crippen LogP contribution in [0.5, 0.6) is 0 Å². The third-order valence-electron chi connectivity index (χ3n) is 4.73. The summed E-state index contributed by atoms with van der Waals surface area (Å²) in [6, 6.07) is 5.99. The summed E-state index contributed by atoms with van der Waals surface area (Å²) in [6.07, 6.45) is 9.30. The number of rotatable bonds is 3. The monoisotopic (exact) mass is 307 g/mol. The third kappa shape index (κ3) is 2.67. The lowest BCUT2D eigenvalue weighted by Crippen LogP contribution is -2.35. The van der Waals surface area contributed by atoms with Crippen molar-refractivity contribution < 1.29 is 0 Å². The highest BCUT2D eigenvalue weighted by Gasteiger charge is 2.22. The highest BCUT2D eigenvalue weighted by molar-refractivity contribution is 5.89. The van der Waals surface area contributed by atoms with E-state index in [9.17, 15) is 0 Å². The molecule has 0 aliphatic carbocycles. The van der Waals surface area contributed by atoms with Crippen LogP contribution in [0.15, 0.2) is 36.8 Å². The van der Waals surface area contributed by atoms with E-state index in [-0.39, 0.29) is 0 Å². The zero-order valence-electron chi connectivity index (χ0n) is 13.4. The maximum absolute atomic E-state index is 4.90. The van der Waals surface area contributed by atoms with Crippen LogP contribution in [0.2, 0.25) is 0 Å². The number of hydrogen-bond acceptors (Lipinski definition) is 4. The van der Waals surface area contributed by atoms with Crippen molar-refractivity contribution >= 4 is 16.9 Å². The van der Waals surface area contributed by atoms with Gasteiger partial charge in [-0.1, -0.05) is 13.3 Å². The fourth-order valence-corrected chi connectivity index (χ4v) is 3.39. The Morgan fingerprint density at radius 2 is 2.09 bits per heavy atom. The van der Waals surface area contributed by atoms with Gasteiger partial charge in [-0.05, 0) is 37.0 Å². The predicted molar refractivity (Wildman–Crippen MR) is 92.3 cm³/mol. The van der Waals surface area contributed by atoms with Crippen LogP contribution in [-0.2, 0) is 0 Å². The Bertz CT molecular complexity index is 796. The van der Waals surface area contributed by atoms with Gasteiger partial charge in [-0.3, -0.25) is 4.98 Å². The van der Waals surface area contributed by atoms with E-state index in [4.69, 9.17) is 4.98 Å². The van der Waals surface area contributed by atoms with Crippen molar-refractivity contribution in [3.63, 3.8) is 0 Å². The van der Waals surface area contributed by atoms with Crippen LogP contribution in [0.25, 0.3) is 22.4 Å². The second-order valence-electron chi connectivity index (χ2n) is 6.21. The quantitative estimate of drug-likeness (QED) is 0.802. The second kappa shape index (κ2) is 5.99. The van der Waals surface area contributed by atoms with Crippen LogP contribution in [0.3, 0.4) is 0 Å². The first-order chi connectivity index (χ1) is 11.3. The fraction of sp³-hybridized carbons (Fsp3) is 0.389. The molecule has 5 heteroatoms. The molecule has 0 amide bonds. The van der Waals surface area contributed by atoms with Crippen LogP contribution >= 0.6 is 0 Å². The van der Waals surface area contributed by atoms with Crippen molar-refractivity contribution in [1.29, 1.82) is 0 Å². The molecule has 0 bridgehead atoms. The van der Waals surface area contributed by atoms with E-state index in [1.165, 1.54) is 19.3 Å². The van der Waals surface area contributed by atoms with Gasteiger partial charge in [-0.15, -0.1) is 0 Å². The molecule has 3 aromatic rings. The number of aromatic amines is 1. The van der Waals surface area contributed by atoms with Crippen molar-refractivity contribution in [3.8, 4) is 11.4 Å². The number of H-pyrrole nitrogens is 1. The first-order valence-electron chi connectivity index (χ1n) is 8.35. The summed E-state index contributed by atoms with van der Waals surface area (Å²) in [5.74, 6) is 2.58. The minimum atomic E-state index is 0.760. The lowest BCUT2D eigenvalue weighted by Gasteiger charge is -2.33. The molecule has 3 aromatic heterocycles. The standard InChI is InChI=1S/C18H21N5/c1-2-13-4-3-11-23(12-13)18-15-7-10-20-17(15)21-16(22-18)14-5-8-19-9-6-14/h5-10,13H,2-4,11-12H2,1H3,(H,20,21,22). The van der Waals surface area contributed by atoms with Gasteiger partial charge in [0.25, 0.3) is 0 Å². The topological polar surface area (TPSA) is 57.7 Å². The van der Waals surface area contributed by atoms with Crippen LogP contribution < -0.4 is 4.90 Å². The van der Waals surface area contributed by atoms with Crippen LogP contribution in [0, 0.1) is 5.92 Å². The number of hydrogen-bond donors (Lipinski definition) is 1. The van der Waals surface area contributed by atoms with Gasteiger partial charge in [-0.25, -0.2) is 9.97 Å². The van der Waals surface area contributed by atoms with Gasteiger partial charge in [-0.2, -0.15) is 0 Å². The van der Waals surface area contributed by atoms with Crippen molar-refractivity contribution in [1.82, 2.24) is 19.9 Å². The molecule has 4 rings (SSSR count). The minimum absolute atomic E-state index is 0.760. The van der Waals surface area contributed by atoms with Crippen LogP contribution in [0.1, 0.15) is 26.2 Å². The Morgan fingerprint density at radius 1 is 1.22 bits per heavy atom. The minimum Gasteiger partial charge on any atom is -0.356 e. The molecule has 0 saturated carbocycles. The number of anilines is 1. The number of pyridine rings is 1. The van der Waals surface area contributed by atoms with Crippen LogP contribution in [-0.4, -0.2) is 33.0 Å². The van der Waals surface area contributed by atoms with E-state index in [1.807, 2.05) is 18.3 Å². The maximum atomic E-state index is 4.90. The summed E-state index contributed by atoms with van der Waals surface area (Å²) in [4.78, 5) is 19.3. The molecular weight excluding hydrogens is 286 g/mol. The molecule has 0 radical (unpaired) electrons. The molecule has 5 nitrogen and oxygen atoms in total. The maximum Gasteiger partial charge on any atom is 0.164 e. The normalized spacial score (nSPS) is 18.5. The van der Waals surface area contributed by atoms with Gasteiger partial charge >= 0.3 is 0 Å². The first kappa shape index (κ1) is 14.2.